The van der Waals surface area contributed by atoms with Gasteiger partial charge in [-0.25, -0.2) is 9.97 Å². The Morgan fingerprint density at radius 2 is 1.48 bits per heavy atom. The zero-order chi connectivity index (χ0) is 34.6. The summed E-state index contributed by atoms with van der Waals surface area (Å²) in [4.78, 5) is 70.5. The highest BCUT2D eigenvalue weighted by Crippen LogP contribution is 2.54. The average molecular weight is 672 g/mol. The van der Waals surface area contributed by atoms with E-state index in [0.29, 0.717) is 11.5 Å². The molecule has 12 nitrogen and oxygen atoms in total. The maximum Gasteiger partial charge on any atom is 0.262 e. The van der Waals surface area contributed by atoms with Crippen LogP contribution in [0.4, 0.5) is 5.69 Å². The van der Waals surface area contributed by atoms with Crippen molar-refractivity contribution < 1.29 is 33.4 Å². The molecule has 2 N–H and O–H groups in total. The van der Waals surface area contributed by atoms with E-state index in [-0.39, 0.29) is 53.1 Å². The van der Waals surface area contributed by atoms with Gasteiger partial charge in [-0.1, -0.05) is 24.3 Å². The van der Waals surface area contributed by atoms with Gasteiger partial charge in [0.2, 0.25) is 11.8 Å². The van der Waals surface area contributed by atoms with E-state index >= 15 is 0 Å². The summed E-state index contributed by atoms with van der Waals surface area (Å²) < 4.78 is 12.1. The zero-order valence-electron chi connectivity index (χ0n) is 27.2. The number of nitrogens with one attached hydrogen (secondary N) is 2. The molecule has 1 atom stereocenters. The summed E-state index contributed by atoms with van der Waals surface area (Å²) in [5.74, 6) is -0.173. The summed E-state index contributed by atoms with van der Waals surface area (Å²) in [6, 6.07) is 20.5. The first kappa shape index (κ1) is 31.4. The van der Waals surface area contributed by atoms with Gasteiger partial charge >= 0.3 is 0 Å². The lowest BCUT2D eigenvalue weighted by Gasteiger charge is -2.36. The van der Waals surface area contributed by atoms with Gasteiger partial charge in [-0.15, -0.1) is 0 Å². The van der Waals surface area contributed by atoms with E-state index in [1.165, 1.54) is 30.4 Å². The number of imide groups is 2. The van der Waals surface area contributed by atoms with Crippen molar-refractivity contribution in [3.05, 3.63) is 107 Å². The number of rotatable bonds is 10. The minimum atomic E-state index is -0.987. The largest absolute Gasteiger partial charge is 0.490 e. The lowest BCUT2D eigenvalue weighted by atomic mass is 9.87. The molecule has 0 bridgehead atoms. The predicted octanol–water partition coefficient (Wildman–Crippen LogP) is 4.97. The summed E-state index contributed by atoms with van der Waals surface area (Å²) in [5.41, 5.74) is 3.65. The maximum atomic E-state index is 13.2. The van der Waals surface area contributed by atoms with Crippen LogP contribution in [0.25, 0.3) is 0 Å². The summed E-state index contributed by atoms with van der Waals surface area (Å²) in [7, 11) is 0. The first-order chi connectivity index (χ1) is 24.2. The molecule has 4 aromatic rings. The van der Waals surface area contributed by atoms with Gasteiger partial charge < -0.3 is 14.8 Å². The highest BCUT2D eigenvalue weighted by molar-refractivity contribution is 6.23. The zero-order valence-corrected chi connectivity index (χ0v) is 27.2. The standard InChI is InChI=1S/C38H33N5O7/c1-21(44)34-39-19-29(20-40-34)50-27-9-4-23(5-10-27)38(14-15-38)22-2-7-26(8-3-22)49-28-16-25(17-28)41-24-6-11-30-31(18-24)37(48)43(36(30)47)32-12-13-33(45)42-35(32)46/h2-11,18-20,25,28,32,41H,12-17H2,1H3,(H,42,45,46). The smallest absolute Gasteiger partial charge is 0.262 e. The second kappa shape index (κ2) is 12.2. The molecule has 1 aromatic heterocycles. The Hall–Kier alpha value is -5.91. The van der Waals surface area contributed by atoms with E-state index in [2.05, 4.69) is 44.9 Å². The lowest BCUT2D eigenvalue weighted by Crippen LogP contribution is -2.54. The topological polar surface area (TPSA) is 157 Å². The molecule has 2 aliphatic heterocycles. The van der Waals surface area contributed by atoms with Crippen molar-refractivity contribution in [3.8, 4) is 17.2 Å². The number of benzene rings is 3. The molecule has 3 heterocycles. The van der Waals surface area contributed by atoms with Gasteiger partial charge in [0.15, 0.2) is 17.4 Å². The van der Waals surface area contributed by atoms with Crippen molar-refractivity contribution >= 4 is 35.1 Å². The molecular formula is C38H33N5O7. The first-order valence-electron chi connectivity index (χ1n) is 16.7. The van der Waals surface area contributed by atoms with Gasteiger partial charge in [0, 0.05) is 43.3 Å². The number of carbonyl (C=O) groups excluding carboxylic acids is 5. The van der Waals surface area contributed by atoms with Crippen molar-refractivity contribution in [1.82, 2.24) is 20.2 Å². The molecule has 1 saturated heterocycles. The molecule has 4 aliphatic rings. The number of aromatic nitrogens is 2. The van der Waals surface area contributed by atoms with E-state index < -0.39 is 29.7 Å². The number of ether oxygens (including phenoxy) is 2. The molecule has 4 amide bonds. The molecule has 252 valence electrons. The van der Waals surface area contributed by atoms with Crippen LogP contribution in [-0.2, 0) is 15.0 Å². The highest BCUT2D eigenvalue weighted by atomic mass is 16.5. The number of amides is 4. The molecular weight excluding hydrogens is 638 g/mol. The van der Waals surface area contributed by atoms with E-state index in [1.807, 2.05) is 24.3 Å². The van der Waals surface area contributed by atoms with Crippen LogP contribution in [0.5, 0.6) is 17.2 Å². The molecule has 2 aliphatic carbocycles. The minimum absolute atomic E-state index is 0.0322. The van der Waals surface area contributed by atoms with Crippen molar-refractivity contribution in [1.29, 1.82) is 0 Å². The van der Waals surface area contributed by atoms with Crippen molar-refractivity contribution in [2.24, 2.45) is 0 Å². The Morgan fingerprint density at radius 3 is 2.10 bits per heavy atom. The Morgan fingerprint density at radius 1 is 0.840 bits per heavy atom. The van der Waals surface area contributed by atoms with Gasteiger partial charge in [0.25, 0.3) is 11.8 Å². The van der Waals surface area contributed by atoms with Crippen LogP contribution in [0, 0.1) is 0 Å². The Bertz CT molecular complexity index is 2040. The third kappa shape index (κ3) is 5.76. The molecule has 0 spiro atoms. The molecule has 50 heavy (non-hydrogen) atoms. The number of hydrogen-bond acceptors (Lipinski definition) is 10. The fraction of sp³-hybridized carbons (Fsp3) is 0.289. The van der Waals surface area contributed by atoms with Gasteiger partial charge in [-0.2, -0.15) is 0 Å². The fourth-order valence-electron chi connectivity index (χ4n) is 7.02. The van der Waals surface area contributed by atoms with E-state index in [0.717, 1.165) is 42.0 Å². The van der Waals surface area contributed by atoms with Crippen LogP contribution in [-0.4, -0.2) is 62.5 Å². The number of fused-ring (bicyclic) bond motifs is 1. The number of hydrogen-bond donors (Lipinski definition) is 2. The van der Waals surface area contributed by atoms with E-state index in [4.69, 9.17) is 9.47 Å². The number of piperidine rings is 1. The quantitative estimate of drug-likeness (QED) is 0.174. The molecule has 2 saturated carbocycles. The van der Waals surface area contributed by atoms with Gasteiger partial charge in [0.05, 0.1) is 23.5 Å². The van der Waals surface area contributed by atoms with Crippen LogP contribution < -0.4 is 20.1 Å². The number of Topliss-reactive ketones (excluding diaryl/α,β-unsaturated/α-hetero) is 1. The van der Waals surface area contributed by atoms with Gasteiger partial charge in [-0.3, -0.25) is 34.2 Å². The molecule has 0 radical (unpaired) electrons. The average Bonchev–Trinajstić information content (AvgIpc) is 3.87. The minimum Gasteiger partial charge on any atom is -0.490 e. The molecule has 8 rings (SSSR count). The first-order valence-corrected chi connectivity index (χ1v) is 16.7. The van der Waals surface area contributed by atoms with Crippen LogP contribution >= 0.6 is 0 Å². The Kier molecular flexibility index (Phi) is 7.65. The second-order valence-corrected chi connectivity index (χ2v) is 13.3. The van der Waals surface area contributed by atoms with Gasteiger partial charge in [-0.05, 0) is 72.9 Å². The van der Waals surface area contributed by atoms with Crippen molar-refractivity contribution in [3.63, 3.8) is 0 Å². The van der Waals surface area contributed by atoms with Crippen LogP contribution in [0.3, 0.4) is 0 Å². The summed E-state index contributed by atoms with van der Waals surface area (Å²) in [6.45, 7) is 1.42. The van der Waals surface area contributed by atoms with E-state index in [1.54, 1.807) is 18.2 Å². The van der Waals surface area contributed by atoms with Crippen molar-refractivity contribution in [2.45, 2.75) is 69.1 Å². The summed E-state index contributed by atoms with van der Waals surface area (Å²) in [5, 5.41) is 5.65. The highest BCUT2D eigenvalue weighted by Gasteiger charge is 2.46. The lowest BCUT2D eigenvalue weighted by molar-refractivity contribution is -0.136. The number of ketones is 1. The molecule has 3 fully saturated rings. The van der Waals surface area contributed by atoms with Gasteiger partial charge in [0.1, 0.15) is 23.6 Å². The predicted molar refractivity (Wildman–Crippen MR) is 179 cm³/mol. The normalized spacial score (nSPS) is 21.9. The van der Waals surface area contributed by atoms with E-state index in [9.17, 15) is 24.0 Å². The maximum absolute atomic E-state index is 13.2. The monoisotopic (exact) mass is 671 g/mol. The second-order valence-electron chi connectivity index (χ2n) is 13.3. The molecule has 3 aromatic carbocycles. The summed E-state index contributed by atoms with van der Waals surface area (Å²) >= 11 is 0. The van der Waals surface area contributed by atoms with Crippen molar-refractivity contribution in [2.75, 3.05) is 5.32 Å². The van der Waals surface area contributed by atoms with Crippen LogP contribution in [0.1, 0.15) is 87.9 Å². The molecule has 1 unspecified atom stereocenters. The number of carbonyl (C=O) groups is 5. The van der Waals surface area contributed by atoms with Crippen LogP contribution in [0.15, 0.2) is 79.1 Å². The number of anilines is 1. The fourth-order valence-corrected chi connectivity index (χ4v) is 7.02. The van der Waals surface area contributed by atoms with Crippen LogP contribution in [0.2, 0.25) is 0 Å². The Balaban J connectivity index is 0.840. The third-order valence-electron chi connectivity index (χ3n) is 9.95. The molecule has 12 heteroatoms. The third-order valence-corrected chi connectivity index (χ3v) is 9.95. The Labute approximate surface area is 287 Å². The SMILES string of the molecule is CC(=O)c1ncc(Oc2ccc(C3(c4ccc(OC5CC(Nc6ccc7c(c6)C(=O)N(C6CCC(=O)NC6=O)C7=O)C5)cc4)CC3)cc2)cn1. The number of nitrogens with zero attached hydrogens (tertiary/aromatic N) is 3. The summed E-state index contributed by atoms with van der Waals surface area (Å²) in [6.07, 6.45) is 6.90.